The van der Waals surface area contributed by atoms with E-state index in [0.717, 1.165) is 11.3 Å². The van der Waals surface area contributed by atoms with E-state index in [1.54, 1.807) is 6.07 Å². The van der Waals surface area contributed by atoms with Gasteiger partial charge in [-0.15, -0.1) is 11.3 Å². The zero-order chi connectivity index (χ0) is 14.5. The number of thiophene rings is 1. The van der Waals surface area contributed by atoms with Gasteiger partial charge in [0.2, 0.25) is 11.8 Å². The maximum atomic E-state index is 12.0. The van der Waals surface area contributed by atoms with E-state index in [9.17, 15) is 8.78 Å². The normalized spacial score (nSPS) is 11.5. The molecule has 2 heterocycles. The van der Waals surface area contributed by atoms with Crippen molar-refractivity contribution < 1.29 is 14.9 Å². The number of nitrogens with zero attached hydrogens (tertiary/aromatic N) is 2. The van der Waals surface area contributed by atoms with E-state index in [4.69, 9.17) is 17.7 Å². The van der Waals surface area contributed by atoms with E-state index >= 15 is 0 Å². The second-order valence-corrected chi connectivity index (χ2v) is 4.93. The maximum Gasteiger partial charge on any atom is 0.272 e. The fraction of sp³-hybridized carbons (Fsp3) is 0.273. The van der Waals surface area contributed by atoms with Gasteiger partial charge >= 0.3 is 0 Å². The second-order valence-electron chi connectivity index (χ2n) is 3.45. The van der Waals surface area contributed by atoms with Crippen molar-refractivity contribution in [3.05, 3.63) is 33.6 Å². The van der Waals surface area contributed by atoms with Crippen molar-refractivity contribution in [2.75, 3.05) is 11.9 Å². The van der Waals surface area contributed by atoms with Crippen molar-refractivity contribution in [3.63, 3.8) is 0 Å². The highest BCUT2D eigenvalue weighted by atomic mass is 35.5. The molecule has 19 heavy (non-hydrogen) atoms. The number of nitrogens with one attached hydrogen (secondary N) is 1. The van der Waals surface area contributed by atoms with Crippen LogP contribution in [-0.4, -0.2) is 23.0 Å². The number of hydrogen-bond acceptors (Lipinski definition) is 5. The summed E-state index contributed by atoms with van der Waals surface area (Å²) >= 11 is 6.95. The third-order valence-electron chi connectivity index (χ3n) is 1.99. The van der Waals surface area contributed by atoms with Crippen molar-refractivity contribution >= 4 is 28.9 Å². The summed E-state index contributed by atoms with van der Waals surface area (Å²) in [7, 11) is 0. The third kappa shape index (κ3) is 4.60. The maximum absolute atomic E-state index is 12.0. The molecule has 0 saturated heterocycles. The summed E-state index contributed by atoms with van der Waals surface area (Å²) < 4.78 is 37.0. The van der Waals surface area contributed by atoms with Crippen LogP contribution in [0.15, 0.2) is 23.7 Å². The summed E-state index contributed by atoms with van der Waals surface area (Å²) in [5.74, 6) is 0.302. The second kappa shape index (κ2) is 6.63. The Morgan fingerprint density at radius 2 is 2.42 bits per heavy atom. The van der Waals surface area contributed by atoms with Gasteiger partial charge in [-0.3, -0.25) is 0 Å². The standard InChI is InChI=1S/C11H10ClF2N3OS/c12-8-3-7(6-19-8)4-16-11-15-2-1-10(17-11)18-5-9(13)14/h1-3,6,9H,4-5H2,(H,15,16,17)/i6D. The van der Waals surface area contributed by atoms with Crippen LogP contribution < -0.4 is 10.1 Å². The SMILES string of the molecule is [2H]c1sc(Cl)cc1CNc1nccc(OCC(F)F)n1. The molecule has 0 fully saturated rings. The lowest BCUT2D eigenvalue weighted by atomic mass is 10.3. The van der Waals surface area contributed by atoms with Gasteiger partial charge in [0, 0.05) is 18.8 Å². The highest BCUT2D eigenvalue weighted by Gasteiger charge is 2.06. The molecule has 2 aromatic rings. The van der Waals surface area contributed by atoms with Gasteiger partial charge in [-0.1, -0.05) is 11.6 Å². The molecule has 0 atom stereocenters. The Morgan fingerprint density at radius 3 is 3.11 bits per heavy atom. The summed E-state index contributed by atoms with van der Waals surface area (Å²) in [5, 5.41) is 3.24. The first kappa shape index (κ1) is 12.6. The van der Waals surface area contributed by atoms with E-state index < -0.39 is 13.0 Å². The number of ether oxygens (including phenoxy) is 1. The van der Waals surface area contributed by atoms with E-state index in [1.165, 1.54) is 12.3 Å². The molecule has 0 bridgehead atoms. The number of alkyl halides is 2. The van der Waals surface area contributed by atoms with Gasteiger partial charge in [-0.05, 0) is 17.0 Å². The molecule has 2 rings (SSSR count). The first-order chi connectivity index (χ1) is 9.54. The molecule has 0 saturated carbocycles. The topological polar surface area (TPSA) is 47.0 Å². The predicted molar refractivity (Wildman–Crippen MR) is 70.2 cm³/mol. The Balaban J connectivity index is 1.96. The van der Waals surface area contributed by atoms with Gasteiger partial charge in [0.25, 0.3) is 6.43 Å². The molecule has 8 heteroatoms. The Bertz CT molecular complexity index is 585. The molecule has 4 nitrogen and oxygen atoms in total. The lowest BCUT2D eigenvalue weighted by molar-refractivity contribution is 0.0796. The van der Waals surface area contributed by atoms with Gasteiger partial charge in [0.1, 0.15) is 0 Å². The zero-order valence-electron chi connectivity index (χ0n) is 10.6. The molecule has 1 N–H and O–H groups in total. The van der Waals surface area contributed by atoms with Crippen LogP contribution in [-0.2, 0) is 6.54 Å². The zero-order valence-corrected chi connectivity index (χ0v) is 11.1. The van der Waals surface area contributed by atoms with Crippen LogP contribution in [0.25, 0.3) is 0 Å². The van der Waals surface area contributed by atoms with Crippen molar-refractivity contribution in [2.45, 2.75) is 13.0 Å². The first-order valence-electron chi connectivity index (χ1n) is 5.77. The van der Waals surface area contributed by atoms with Gasteiger partial charge < -0.3 is 10.1 Å². The molecule has 0 aromatic carbocycles. The summed E-state index contributed by atoms with van der Waals surface area (Å²) in [4.78, 5) is 7.87. The van der Waals surface area contributed by atoms with E-state index in [2.05, 4.69) is 15.3 Å². The van der Waals surface area contributed by atoms with Crippen molar-refractivity contribution in [1.29, 1.82) is 0 Å². The van der Waals surface area contributed by atoms with Crippen molar-refractivity contribution in [1.82, 2.24) is 9.97 Å². The van der Waals surface area contributed by atoms with Crippen molar-refractivity contribution in [3.8, 4) is 5.88 Å². The van der Waals surface area contributed by atoms with Crippen LogP contribution in [0.5, 0.6) is 5.88 Å². The van der Waals surface area contributed by atoms with E-state index in [1.807, 2.05) is 0 Å². The summed E-state index contributed by atoms with van der Waals surface area (Å²) in [6.07, 6.45) is -1.15. The van der Waals surface area contributed by atoms with E-state index in [0.29, 0.717) is 21.8 Å². The third-order valence-corrected chi connectivity index (χ3v) is 3.01. The van der Waals surface area contributed by atoms with Crippen molar-refractivity contribution in [2.24, 2.45) is 0 Å². The van der Waals surface area contributed by atoms with Crippen LogP contribution >= 0.6 is 22.9 Å². The first-order valence-corrected chi connectivity index (χ1v) is 6.46. The predicted octanol–water partition coefficient (Wildman–Crippen LogP) is 3.45. The van der Waals surface area contributed by atoms with Gasteiger partial charge in [-0.2, -0.15) is 4.98 Å². The van der Waals surface area contributed by atoms with Crippen LogP contribution in [0.2, 0.25) is 4.34 Å². The molecule has 2 aromatic heterocycles. The van der Waals surface area contributed by atoms with Crippen LogP contribution in [0, 0.1) is 0 Å². The average molecular weight is 307 g/mol. The molecule has 0 unspecified atom stereocenters. The Kier molecular flexibility index (Phi) is 4.38. The smallest absolute Gasteiger partial charge is 0.272 e. The fourth-order valence-corrected chi connectivity index (χ4v) is 2.04. The molecule has 102 valence electrons. The molecule has 0 radical (unpaired) electrons. The minimum atomic E-state index is -2.56. The molecule has 0 amide bonds. The molecule has 0 aliphatic heterocycles. The number of rotatable bonds is 6. The molecular formula is C11H10ClF2N3OS. The number of anilines is 1. The largest absolute Gasteiger partial charge is 0.471 e. The highest BCUT2D eigenvalue weighted by Crippen LogP contribution is 2.20. The van der Waals surface area contributed by atoms with Crippen LogP contribution in [0.3, 0.4) is 0 Å². The lowest BCUT2D eigenvalue weighted by Crippen LogP contribution is -2.09. The molecule has 0 aliphatic rings. The van der Waals surface area contributed by atoms with Gasteiger partial charge in [-0.25, -0.2) is 13.8 Å². The number of hydrogen-bond donors (Lipinski definition) is 1. The number of aromatic nitrogens is 2. The Morgan fingerprint density at radius 1 is 1.58 bits per heavy atom. The Labute approximate surface area is 118 Å². The lowest BCUT2D eigenvalue weighted by Gasteiger charge is -2.06. The van der Waals surface area contributed by atoms with Crippen LogP contribution in [0.4, 0.5) is 14.7 Å². The summed E-state index contributed by atoms with van der Waals surface area (Å²) in [6, 6.07) is 3.07. The van der Waals surface area contributed by atoms with Gasteiger partial charge in [0.15, 0.2) is 6.61 Å². The quantitative estimate of drug-likeness (QED) is 0.888. The monoisotopic (exact) mass is 306 g/mol. The summed E-state index contributed by atoms with van der Waals surface area (Å²) in [5.41, 5.74) is 0.711. The average Bonchev–Trinajstić information content (AvgIpc) is 2.73. The Hall–Kier alpha value is -1.47. The van der Waals surface area contributed by atoms with Gasteiger partial charge in [0.05, 0.1) is 5.71 Å². The van der Waals surface area contributed by atoms with E-state index in [-0.39, 0.29) is 11.8 Å². The molecular weight excluding hydrogens is 296 g/mol. The highest BCUT2D eigenvalue weighted by molar-refractivity contribution is 7.14. The fourth-order valence-electron chi connectivity index (χ4n) is 1.23. The number of halogens is 3. The minimum Gasteiger partial charge on any atom is -0.471 e. The molecule has 0 spiro atoms. The minimum absolute atomic E-state index is 0.0669. The summed E-state index contributed by atoms with van der Waals surface area (Å²) in [6.45, 7) is -0.395. The molecule has 0 aliphatic carbocycles. The van der Waals surface area contributed by atoms with Crippen LogP contribution in [0.1, 0.15) is 6.93 Å².